The van der Waals surface area contributed by atoms with Gasteiger partial charge in [0.15, 0.2) is 0 Å². The summed E-state index contributed by atoms with van der Waals surface area (Å²) in [5.41, 5.74) is 0. The molecule has 2 atom stereocenters. The van der Waals surface area contributed by atoms with E-state index in [1.807, 2.05) is 0 Å². The van der Waals surface area contributed by atoms with Crippen LogP contribution in [0.5, 0.6) is 0 Å². The van der Waals surface area contributed by atoms with Crippen molar-refractivity contribution in [1.29, 1.82) is 0 Å². The van der Waals surface area contributed by atoms with E-state index >= 15 is 0 Å². The van der Waals surface area contributed by atoms with Crippen LogP contribution in [0.1, 0.15) is 39.0 Å². The van der Waals surface area contributed by atoms with E-state index in [9.17, 15) is 0 Å². The van der Waals surface area contributed by atoms with E-state index in [4.69, 9.17) is 0 Å². The van der Waals surface area contributed by atoms with Gasteiger partial charge in [-0.15, -0.1) is 0 Å². The Morgan fingerprint density at radius 1 is 1.27 bits per heavy atom. The summed E-state index contributed by atoms with van der Waals surface area (Å²) in [5.74, 6) is 1.98. The number of nitrogens with one attached hydrogen (secondary N) is 1. The Labute approximate surface area is 94.4 Å². The predicted octanol–water partition coefficient (Wildman–Crippen LogP) is 2.11. The van der Waals surface area contributed by atoms with Crippen molar-refractivity contribution in [2.75, 3.05) is 32.7 Å². The molecule has 0 aliphatic carbocycles. The van der Waals surface area contributed by atoms with Gasteiger partial charge in [0.05, 0.1) is 0 Å². The molecule has 0 aromatic heterocycles. The highest BCUT2D eigenvalue weighted by Crippen LogP contribution is 2.20. The molecule has 0 saturated carbocycles. The predicted molar refractivity (Wildman–Crippen MR) is 65.0 cm³/mol. The van der Waals surface area contributed by atoms with Crippen LogP contribution in [0.25, 0.3) is 0 Å². The van der Waals surface area contributed by atoms with Crippen molar-refractivity contribution in [3.05, 3.63) is 0 Å². The zero-order valence-corrected chi connectivity index (χ0v) is 10.2. The van der Waals surface area contributed by atoms with E-state index in [0.29, 0.717) is 0 Å². The fraction of sp³-hybridized carbons (Fsp3) is 1.00. The average Bonchev–Trinajstić information content (AvgIpc) is 2.88. The lowest BCUT2D eigenvalue weighted by Crippen LogP contribution is -2.22. The molecule has 2 nitrogen and oxygen atoms in total. The van der Waals surface area contributed by atoms with Gasteiger partial charge < -0.3 is 10.2 Å². The third-order valence-electron chi connectivity index (χ3n) is 4.20. The molecular weight excluding hydrogens is 184 g/mol. The quantitative estimate of drug-likeness (QED) is 0.747. The van der Waals surface area contributed by atoms with E-state index in [0.717, 1.165) is 11.8 Å². The van der Waals surface area contributed by atoms with Crippen molar-refractivity contribution in [3.63, 3.8) is 0 Å². The Morgan fingerprint density at radius 2 is 2.20 bits per heavy atom. The Kier molecular flexibility index (Phi) is 4.45. The topological polar surface area (TPSA) is 15.3 Å². The van der Waals surface area contributed by atoms with Gasteiger partial charge in [-0.3, -0.25) is 0 Å². The highest BCUT2D eigenvalue weighted by atomic mass is 15.1. The maximum absolute atomic E-state index is 3.45. The Morgan fingerprint density at radius 3 is 2.87 bits per heavy atom. The van der Waals surface area contributed by atoms with Crippen LogP contribution < -0.4 is 5.32 Å². The SMILES string of the molecule is CCC1CCN(CCCC2CCNC2)C1. The second-order valence-corrected chi connectivity index (χ2v) is 5.36. The average molecular weight is 210 g/mol. The van der Waals surface area contributed by atoms with Gasteiger partial charge in [0.25, 0.3) is 0 Å². The number of hydrogen-bond acceptors (Lipinski definition) is 2. The number of likely N-dealkylation sites (tertiary alicyclic amines) is 1. The van der Waals surface area contributed by atoms with Crippen LogP contribution in [-0.2, 0) is 0 Å². The molecule has 2 rings (SSSR count). The maximum Gasteiger partial charge on any atom is 0.00100 e. The molecule has 2 heteroatoms. The zero-order chi connectivity index (χ0) is 10.5. The van der Waals surface area contributed by atoms with Crippen LogP contribution in [0.3, 0.4) is 0 Å². The Bertz CT molecular complexity index is 175. The van der Waals surface area contributed by atoms with E-state index in [1.165, 1.54) is 64.8 Å². The van der Waals surface area contributed by atoms with Crippen molar-refractivity contribution in [1.82, 2.24) is 10.2 Å². The Hall–Kier alpha value is -0.0800. The molecule has 2 saturated heterocycles. The monoisotopic (exact) mass is 210 g/mol. The summed E-state index contributed by atoms with van der Waals surface area (Å²) >= 11 is 0. The number of rotatable bonds is 5. The minimum absolute atomic E-state index is 0.981. The molecule has 0 aromatic carbocycles. The molecule has 2 aliphatic heterocycles. The normalized spacial score (nSPS) is 32.6. The van der Waals surface area contributed by atoms with Gasteiger partial charge in [-0.2, -0.15) is 0 Å². The van der Waals surface area contributed by atoms with Gasteiger partial charge in [0, 0.05) is 6.54 Å². The summed E-state index contributed by atoms with van der Waals surface area (Å²) in [6, 6.07) is 0. The molecule has 2 aliphatic rings. The van der Waals surface area contributed by atoms with Crippen LogP contribution in [0, 0.1) is 11.8 Å². The van der Waals surface area contributed by atoms with Crippen LogP contribution in [-0.4, -0.2) is 37.6 Å². The van der Waals surface area contributed by atoms with Gasteiger partial charge in [0.2, 0.25) is 0 Å². The first-order valence-electron chi connectivity index (χ1n) is 6.81. The first-order chi connectivity index (χ1) is 7.38. The summed E-state index contributed by atoms with van der Waals surface area (Å²) in [6.07, 6.45) is 7.10. The molecule has 2 unspecified atom stereocenters. The smallest absolute Gasteiger partial charge is 0.00100 e. The summed E-state index contributed by atoms with van der Waals surface area (Å²) in [4.78, 5) is 2.68. The molecule has 88 valence electrons. The standard InChI is InChI=1S/C13H26N2/c1-2-12-6-9-15(11-12)8-3-4-13-5-7-14-10-13/h12-14H,2-11H2,1H3. The molecular formula is C13H26N2. The van der Waals surface area contributed by atoms with Crippen molar-refractivity contribution in [3.8, 4) is 0 Å². The van der Waals surface area contributed by atoms with Crippen molar-refractivity contribution >= 4 is 0 Å². The summed E-state index contributed by atoms with van der Waals surface area (Å²) in [5, 5.41) is 3.45. The maximum atomic E-state index is 3.45. The van der Waals surface area contributed by atoms with Gasteiger partial charge in [-0.1, -0.05) is 13.3 Å². The first-order valence-corrected chi connectivity index (χ1v) is 6.81. The number of nitrogens with zero attached hydrogens (tertiary/aromatic N) is 1. The minimum Gasteiger partial charge on any atom is -0.316 e. The van der Waals surface area contributed by atoms with Crippen molar-refractivity contribution in [2.45, 2.75) is 39.0 Å². The van der Waals surface area contributed by atoms with Gasteiger partial charge in [-0.25, -0.2) is 0 Å². The fourth-order valence-electron chi connectivity index (χ4n) is 3.01. The van der Waals surface area contributed by atoms with Gasteiger partial charge >= 0.3 is 0 Å². The second kappa shape index (κ2) is 5.86. The van der Waals surface area contributed by atoms with Crippen molar-refractivity contribution < 1.29 is 0 Å². The lowest BCUT2D eigenvalue weighted by molar-refractivity contribution is 0.305. The van der Waals surface area contributed by atoms with Crippen LogP contribution in [0.4, 0.5) is 0 Å². The van der Waals surface area contributed by atoms with E-state index in [2.05, 4.69) is 17.1 Å². The molecule has 2 fully saturated rings. The Balaban J connectivity index is 1.54. The van der Waals surface area contributed by atoms with Crippen LogP contribution in [0.15, 0.2) is 0 Å². The van der Waals surface area contributed by atoms with Gasteiger partial charge in [-0.05, 0) is 63.7 Å². The largest absolute Gasteiger partial charge is 0.316 e. The number of hydrogen-bond donors (Lipinski definition) is 1. The van der Waals surface area contributed by atoms with E-state index in [-0.39, 0.29) is 0 Å². The minimum atomic E-state index is 0.981. The molecule has 1 N–H and O–H groups in total. The molecule has 0 radical (unpaired) electrons. The summed E-state index contributed by atoms with van der Waals surface area (Å²) < 4.78 is 0. The molecule has 0 aromatic rings. The lowest BCUT2D eigenvalue weighted by Gasteiger charge is -2.16. The lowest BCUT2D eigenvalue weighted by atomic mass is 10.0. The van der Waals surface area contributed by atoms with Crippen LogP contribution >= 0.6 is 0 Å². The van der Waals surface area contributed by atoms with Gasteiger partial charge in [0.1, 0.15) is 0 Å². The molecule has 0 amide bonds. The highest BCUT2D eigenvalue weighted by molar-refractivity contribution is 4.76. The highest BCUT2D eigenvalue weighted by Gasteiger charge is 2.21. The zero-order valence-electron chi connectivity index (χ0n) is 10.2. The molecule has 0 spiro atoms. The molecule has 0 bridgehead atoms. The molecule has 15 heavy (non-hydrogen) atoms. The van der Waals surface area contributed by atoms with Crippen LogP contribution in [0.2, 0.25) is 0 Å². The third-order valence-corrected chi connectivity index (χ3v) is 4.20. The third kappa shape index (κ3) is 3.46. The first kappa shape index (κ1) is 11.4. The summed E-state index contributed by atoms with van der Waals surface area (Å²) in [6.45, 7) is 8.95. The molecule has 2 heterocycles. The van der Waals surface area contributed by atoms with E-state index < -0.39 is 0 Å². The second-order valence-electron chi connectivity index (χ2n) is 5.36. The van der Waals surface area contributed by atoms with E-state index in [1.54, 1.807) is 0 Å². The fourth-order valence-corrected chi connectivity index (χ4v) is 3.01. The summed E-state index contributed by atoms with van der Waals surface area (Å²) in [7, 11) is 0. The van der Waals surface area contributed by atoms with Crippen molar-refractivity contribution in [2.24, 2.45) is 11.8 Å².